The van der Waals surface area contributed by atoms with Crippen molar-refractivity contribution in [3.8, 4) is 0 Å². The van der Waals surface area contributed by atoms with Crippen LogP contribution in [0.3, 0.4) is 0 Å². The van der Waals surface area contributed by atoms with E-state index in [0.717, 1.165) is 5.56 Å². The second-order valence-electron chi connectivity index (χ2n) is 11.1. The summed E-state index contributed by atoms with van der Waals surface area (Å²) in [4.78, 5) is 27.5. The highest BCUT2D eigenvalue weighted by molar-refractivity contribution is 6.99. The van der Waals surface area contributed by atoms with Crippen LogP contribution >= 0.6 is 0 Å². The van der Waals surface area contributed by atoms with Crippen LogP contribution in [-0.4, -0.2) is 51.6 Å². The maximum absolute atomic E-state index is 13.4. The molecule has 0 N–H and O–H groups in total. The van der Waals surface area contributed by atoms with Gasteiger partial charge in [-0.2, -0.15) is 0 Å². The van der Waals surface area contributed by atoms with Crippen LogP contribution < -0.4 is 10.4 Å². The second kappa shape index (κ2) is 12.6. The van der Waals surface area contributed by atoms with Crippen molar-refractivity contribution < 1.29 is 23.5 Å². The molecule has 1 fully saturated rings. The molecular formula is C32H39NO5Si. The van der Waals surface area contributed by atoms with Gasteiger partial charge in [0, 0.05) is 6.54 Å². The van der Waals surface area contributed by atoms with Gasteiger partial charge >= 0.3 is 12.1 Å². The molecule has 1 aliphatic rings. The van der Waals surface area contributed by atoms with Gasteiger partial charge in [0.15, 0.2) is 0 Å². The van der Waals surface area contributed by atoms with Crippen LogP contribution in [0.25, 0.3) is 0 Å². The van der Waals surface area contributed by atoms with Crippen LogP contribution in [-0.2, 0) is 25.3 Å². The first-order valence-electron chi connectivity index (χ1n) is 13.6. The zero-order chi connectivity index (χ0) is 27.9. The van der Waals surface area contributed by atoms with E-state index in [0.29, 0.717) is 19.4 Å². The van der Waals surface area contributed by atoms with E-state index in [9.17, 15) is 9.59 Å². The largest absolute Gasteiger partial charge is 0.469 e. The molecule has 206 valence electrons. The average Bonchev–Trinajstić information content (AvgIpc) is 2.97. The Morgan fingerprint density at radius 1 is 0.846 bits per heavy atom. The summed E-state index contributed by atoms with van der Waals surface area (Å²) in [6, 6.07) is 30.3. The first kappa shape index (κ1) is 28.6. The average molecular weight is 546 g/mol. The number of nitrogens with zero attached hydrogens (tertiary/aromatic N) is 1. The van der Waals surface area contributed by atoms with E-state index < -0.39 is 14.4 Å². The quantitative estimate of drug-likeness (QED) is 0.289. The maximum atomic E-state index is 13.4. The molecule has 1 amide bonds. The van der Waals surface area contributed by atoms with E-state index in [1.54, 1.807) is 4.90 Å². The Morgan fingerprint density at radius 2 is 1.38 bits per heavy atom. The predicted octanol–water partition coefficient (Wildman–Crippen LogP) is 5.15. The fourth-order valence-electron chi connectivity index (χ4n) is 5.57. The highest BCUT2D eigenvalue weighted by Crippen LogP contribution is 2.37. The number of benzene rings is 3. The van der Waals surface area contributed by atoms with Gasteiger partial charge in [0.05, 0.1) is 25.7 Å². The number of carbonyl (C=O) groups is 2. The minimum absolute atomic E-state index is 0.168. The first-order valence-corrected chi connectivity index (χ1v) is 15.5. The van der Waals surface area contributed by atoms with Gasteiger partial charge < -0.3 is 18.8 Å². The molecule has 0 spiro atoms. The molecule has 1 aliphatic heterocycles. The van der Waals surface area contributed by atoms with Gasteiger partial charge in [-0.25, -0.2) is 4.79 Å². The molecule has 1 heterocycles. The molecule has 0 bridgehead atoms. The third-order valence-corrected chi connectivity index (χ3v) is 12.6. The first-order chi connectivity index (χ1) is 18.8. The van der Waals surface area contributed by atoms with Crippen LogP contribution in [0.15, 0.2) is 91.0 Å². The minimum atomic E-state index is -2.78. The van der Waals surface area contributed by atoms with Crippen molar-refractivity contribution in [2.24, 2.45) is 5.92 Å². The lowest BCUT2D eigenvalue weighted by Crippen LogP contribution is -2.67. The summed E-state index contributed by atoms with van der Waals surface area (Å²) in [6.45, 7) is 7.47. The second-order valence-corrected chi connectivity index (χ2v) is 15.4. The summed E-state index contributed by atoms with van der Waals surface area (Å²) >= 11 is 0. The standard InChI is InChI=1S/C32H39NO5Si/c1-32(2,3)39(28-16-10-6-11-17-28,29-18-12-7-13-19-29)38-24-27-21-20-26(30(34)36-4)22-33(27)31(35)37-23-25-14-8-5-9-15-25/h5-19,26-27H,20-24H2,1-4H3. The molecule has 4 rings (SSSR count). The number of amides is 1. The Balaban J connectivity index is 1.63. The number of hydrogen-bond acceptors (Lipinski definition) is 5. The summed E-state index contributed by atoms with van der Waals surface area (Å²) in [5.41, 5.74) is 0.910. The maximum Gasteiger partial charge on any atom is 0.410 e. The van der Waals surface area contributed by atoms with Crippen LogP contribution in [0.1, 0.15) is 39.2 Å². The molecule has 39 heavy (non-hydrogen) atoms. The van der Waals surface area contributed by atoms with Gasteiger partial charge in [-0.3, -0.25) is 4.79 Å². The van der Waals surface area contributed by atoms with E-state index in [1.165, 1.54) is 17.5 Å². The molecule has 0 radical (unpaired) electrons. The normalized spacial score (nSPS) is 17.9. The number of rotatable bonds is 8. The van der Waals surface area contributed by atoms with Crippen molar-refractivity contribution in [2.75, 3.05) is 20.3 Å². The summed E-state index contributed by atoms with van der Waals surface area (Å²) in [7, 11) is -1.40. The van der Waals surface area contributed by atoms with Crippen molar-refractivity contribution in [1.82, 2.24) is 4.90 Å². The SMILES string of the molecule is COC(=O)C1CCC(CO[Si](c2ccccc2)(c2ccccc2)C(C)(C)C)N(C(=O)OCc2ccccc2)C1. The fourth-order valence-corrected chi connectivity index (χ4v) is 10.2. The van der Waals surface area contributed by atoms with Crippen LogP contribution in [0.2, 0.25) is 5.04 Å². The highest BCUT2D eigenvalue weighted by Gasteiger charge is 2.51. The molecule has 2 atom stereocenters. The van der Waals surface area contributed by atoms with Gasteiger partial charge in [-0.05, 0) is 33.8 Å². The van der Waals surface area contributed by atoms with E-state index in [2.05, 4.69) is 69.3 Å². The van der Waals surface area contributed by atoms with Gasteiger partial charge in [0.1, 0.15) is 6.61 Å². The van der Waals surface area contributed by atoms with E-state index in [4.69, 9.17) is 13.9 Å². The number of carbonyl (C=O) groups excluding carboxylic acids is 2. The van der Waals surface area contributed by atoms with Crippen molar-refractivity contribution in [3.63, 3.8) is 0 Å². The molecule has 3 aromatic carbocycles. The fraction of sp³-hybridized carbons (Fsp3) is 0.375. The Labute approximate surface area is 233 Å². The van der Waals surface area contributed by atoms with Crippen molar-refractivity contribution in [3.05, 3.63) is 96.6 Å². The van der Waals surface area contributed by atoms with Crippen LogP contribution in [0.4, 0.5) is 4.79 Å². The molecule has 0 saturated carbocycles. The smallest absolute Gasteiger partial charge is 0.410 e. The molecule has 7 heteroatoms. The third kappa shape index (κ3) is 6.42. The minimum Gasteiger partial charge on any atom is -0.469 e. The van der Waals surface area contributed by atoms with Crippen LogP contribution in [0.5, 0.6) is 0 Å². The van der Waals surface area contributed by atoms with Gasteiger partial charge in [0.25, 0.3) is 8.32 Å². The van der Waals surface area contributed by atoms with Gasteiger partial charge in [0.2, 0.25) is 0 Å². The number of hydrogen-bond donors (Lipinski definition) is 0. The number of ether oxygens (including phenoxy) is 2. The molecule has 3 aromatic rings. The lowest BCUT2D eigenvalue weighted by atomic mass is 9.93. The molecule has 6 nitrogen and oxygen atoms in total. The monoisotopic (exact) mass is 545 g/mol. The lowest BCUT2D eigenvalue weighted by molar-refractivity contribution is -0.147. The highest BCUT2D eigenvalue weighted by atomic mass is 28.4. The number of likely N-dealkylation sites (tertiary alicyclic amines) is 1. The topological polar surface area (TPSA) is 65.1 Å². The van der Waals surface area contributed by atoms with E-state index in [1.807, 2.05) is 42.5 Å². The Morgan fingerprint density at radius 3 is 1.90 bits per heavy atom. The number of methoxy groups -OCH3 is 1. The van der Waals surface area contributed by atoms with Gasteiger partial charge in [-0.1, -0.05) is 112 Å². The van der Waals surface area contributed by atoms with Crippen molar-refractivity contribution in [2.45, 2.75) is 51.3 Å². The zero-order valence-corrected chi connectivity index (χ0v) is 24.3. The van der Waals surface area contributed by atoms with Gasteiger partial charge in [-0.15, -0.1) is 0 Å². The van der Waals surface area contributed by atoms with Crippen molar-refractivity contribution in [1.29, 1.82) is 0 Å². The molecule has 2 unspecified atom stereocenters. The molecule has 1 saturated heterocycles. The summed E-state index contributed by atoms with van der Waals surface area (Å²) in [5.74, 6) is -0.689. The lowest BCUT2D eigenvalue weighted by Gasteiger charge is -2.45. The predicted molar refractivity (Wildman–Crippen MR) is 155 cm³/mol. The third-order valence-electron chi connectivity index (χ3n) is 7.59. The summed E-state index contributed by atoms with van der Waals surface area (Å²) < 4.78 is 17.9. The number of piperidine rings is 1. The van der Waals surface area contributed by atoms with E-state index in [-0.39, 0.29) is 36.1 Å². The molecule has 0 aliphatic carbocycles. The van der Waals surface area contributed by atoms with Crippen molar-refractivity contribution >= 4 is 30.8 Å². The summed E-state index contributed by atoms with van der Waals surface area (Å²) in [5, 5.41) is 2.19. The Hall–Kier alpha value is -3.42. The van der Waals surface area contributed by atoms with Crippen LogP contribution in [0, 0.1) is 5.92 Å². The number of esters is 1. The molecular weight excluding hydrogens is 506 g/mol. The Bertz CT molecular complexity index is 1170. The van der Waals surface area contributed by atoms with E-state index >= 15 is 0 Å². The summed E-state index contributed by atoms with van der Waals surface area (Å²) in [6.07, 6.45) is 0.811. The zero-order valence-electron chi connectivity index (χ0n) is 23.3. The molecule has 0 aromatic heterocycles. The Kier molecular flexibility index (Phi) is 9.25.